The quantitative estimate of drug-likeness (QED) is 0.726. The smallest absolute Gasteiger partial charge is 0.228 e. The molecule has 1 aromatic rings. The molecule has 3 aliphatic heterocycles. The molecule has 29 heavy (non-hydrogen) atoms. The van der Waals surface area contributed by atoms with Gasteiger partial charge in [-0.25, -0.2) is 8.42 Å². The first-order valence-electron chi connectivity index (χ1n) is 10.4. The second-order valence-corrected chi connectivity index (χ2v) is 10.7. The number of rotatable bonds is 4. The van der Waals surface area contributed by atoms with Crippen molar-refractivity contribution in [1.29, 1.82) is 0 Å². The summed E-state index contributed by atoms with van der Waals surface area (Å²) in [5.74, 6) is 0.322. The summed E-state index contributed by atoms with van der Waals surface area (Å²) in [6.45, 7) is 5.10. The molecule has 0 aromatic heterocycles. The van der Waals surface area contributed by atoms with Gasteiger partial charge in [0.1, 0.15) is 0 Å². The lowest BCUT2D eigenvalue weighted by atomic mass is 10.1. The molecule has 0 N–H and O–H groups in total. The zero-order chi connectivity index (χ0) is 20.6. The van der Waals surface area contributed by atoms with Crippen LogP contribution in [0.1, 0.15) is 31.4 Å². The molecule has 0 bridgehead atoms. The average Bonchev–Trinajstić information content (AvgIpc) is 3.29. The SMILES string of the molecule is C[C@H](c1ccccc1)N1C[C@H](C(=O)N2CCN([C@H]3CCS(=O)(=O)C3)CC2)CC1=O. The van der Waals surface area contributed by atoms with E-state index in [1.807, 2.05) is 47.1 Å². The van der Waals surface area contributed by atoms with Crippen LogP contribution >= 0.6 is 0 Å². The van der Waals surface area contributed by atoms with E-state index in [0.29, 0.717) is 39.1 Å². The molecule has 0 aliphatic carbocycles. The third-order valence-electron chi connectivity index (χ3n) is 6.61. The van der Waals surface area contributed by atoms with E-state index in [4.69, 9.17) is 0 Å². The van der Waals surface area contributed by atoms with Gasteiger partial charge in [0.25, 0.3) is 0 Å². The van der Waals surface area contributed by atoms with Gasteiger partial charge >= 0.3 is 0 Å². The highest BCUT2D eigenvalue weighted by atomic mass is 32.2. The molecule has 0 saturated carbocycles. The molecule has 2 amide bonds. The van der Waals surface area contributed by atoms with Gasteiger partial charge in [-0.05, 0) is 18.9 Å². The largest absolute Gasteiger partial charge is 0.340 e. The summed E-state index contributed by atoms with van der Waals surface area (Å²) < 4.78 is 23.4. The number of amides is 2. The van der Waals surface area contributed by atoms with Crippen LogP contribution in [0.4, 0.5) is 0 Å². The van der Waals surface area contributed by atoms with Crippen LogP contribution in [-0.4, -0.2) is 85.2 Å². The molecule has 8 heteroatoms. The Bertz CT molecular complexity index is 865. The Hall–Kier alpha value is -1.93. The molecule has 0 unspecified atom stereocenters. The van der Waals surface area contributed by atoms with E-state index in [1.165, 1.54) is 0 Å². The lowest BCUT2D eigenvalue weighted by Gasteiger charge is -2.38. The molecular weight excluding hydrogens is 390 g/mol. The second kappa shape index (κ2) is 8.07. The predicted molar refractivity (Wildman–Crippen MR) is 110 cm³/mol. The van der Waals surface area contributed by atoms with Crippen molar-refractivity contribution in [3.8, 4) is 0 Å². The highest BCUT2D eigenvalue weighted by molar-refractivity contribution is 7.91. The molecular formula is C21H29N3O4S. The number of carbonyl (C=O) groups excluding carboxylic acids is 2. The molecule has 3 aliphatic rings. The number of hydrogen-bond donors (Lipinski definition) is 0. The Labute approximate surface area is 172 Å². The average molecular weight is 420 g/mol. The first-order chi connectivity index (χ1) is 13.8. The summed E-state index contributed by atoms with van der Waals surface area (Å²) in [6, 6.07) is 9.95. The Morgan fingerprint density at radius 3 is 2.41 bits per heavy atom. The first kappa shape index (κ1) is 20.3. The Kier molecular flexibility index (Phi) is 5.66. The van der Waals surface area contributed by atoms with Gasteiger partial charge in [-0.3, -0.25) is 14.5 Å². The van der Waals surface area contributed by atoms with E-state index >= 15 is 0 Å². The lowest BCUT2D eigenvalue weighted by molar-refractivity contribution is -0.137. The molecule has 0 spiro atoms. The van der Waals surface area contributed by atoms with Crippen LogP contribution in [0.25, 0.3) is 0 Å². The third kappa shape index (κ3) is 4.33. The molecule has 1 aromatic carbocycles. The Balaban J connectivity index is 1.32. The highest BCUT2D eigenvalue weighted by Crippen LogP contribution is 2.30. The van der Waals surface area contributed by atoms with Crippen molar-refractivity contribution < 1.29 is 18.0 Å². The van der Waals surface area contributed by atoms with Gasteiger partial charge < -0.3 is 9.80 Å². The minimum atomic E-state index is -2.90. The zero-order valence-electron chi connectivity index (χ0n) is 16.9. The van der Waals surface area contributed by atoms with E-state index in [1.54, 1.807) is 0 Å². The van der Waals surface area contributed by atoms with Gasteiger partial charge in [0.15, 0.2) is 9.84 Å². The van der Waals surface area contributed by atoms with Gasteiger partial charge in [-0.15, -0.1) is 0 Å². The van der Waals surface area contributed by atoms with Crippen LogP contribution in [0.15, 0.2) is 30.3 Å². The van der Waals surface area contributed by atoms with Crippen molar-refractivity contribution in [1.82, 2.24) is 14.7 Å². The number of piperazine rings is 1. The number of benzene rings is 1. The van der Waals surface area contributed by atoms with Crippen molar-refractivity contribution >= 4 is 21.7 Å². The summed E-state index contributed by atoms with van der Waals surface area (Å²) in [7, 11) is -2.90. The van der Waals surface area contributed by atoms with Gasteiger partial charge in [-0.1, -0.05) is 30.3 Å². The van der Waals surface area contributed by atoms with Gasteiger partial charge in [-0.2, -0.15) is 0 Å². The topological polar surface area (TPSA) is 78.0 Å². The number of sulfone groups is 1. The molecule has 0 radical (unpaired) electrons. The fourth-order valence-electron chi connectivity index (χ4n) is 4.81. The van der Waals surface area contributed by atoms with Crippen LogP contribution in [0.3, 0.4) is 0 Å². The molecule has 158 valence electrons. The van der Waals surface area contributed by atoms with Gasteiger partial charge in [0.2, 0.25) is 11.8 Å². The van der Waals surface area contributed by atoms with E-state index < -0.39 is 9.84 Å². The van der Waals surface area contributed by atoms with Crippen molar-refractivity contribution in [3.63, 3.8) is 0 Å². The molecule has 3 saturated heterocycles. The van der Waals surface area contributed by atoms with Crippen LogP contribution in [-0.2, 0) is 19.4 Å². The fraction of sp³-hybridized carbons (Fsp3) is 0.619. The first-order valence-corrected chi connectivity index (χ1v) is 12.2. The molecule has 7 nitrogen and oxygen atoms in total. The van der Waals surface area contributed by atoms with Gasteiger partial charge in [0.05, 0.1) is 23.5 Å². The Morgan fingerprint density at radius 1 is 1.10 bits per heavy atom. The number of likely N-dealkylation sites (tertiary alicyclic amines) is 1. The van der Waals surface area contributed by atoms with Crippen molar-refractivity contribution in [2.75, 3.05) is 44.2 Å². The maximum atomic E-state index is 13.0. The molecule has 3 fully saturated rings. The summed E-state index contributed by atoms with van der Waals surface area (Å²) in [4.78, 5) is 31.5. The van der Waals surface area contributed by atoms with Gasteiger partial charge in [0, 0.05) is 45.2 Å². The molecule has 3 atom stereocenters. The van der Waals surface area contributed by atoms with Crippen LogP contribution in [0.5, 0.6) is 0 Å². The van der Waals surface area contributed by atoms with Crippen molar-refractivity contribution in [3.05, 3.63) is 35.9 Å². The summed E-state index contributed by atoms with van der Waals surface area (Å²) in [5, 5.41) is 0. The minimum absolute atomic E-state index is 0.0366. The van der Waals surface area contributed by atoms with Crippen LogP contribution in [0.2, 0.25) is 0 Å². The Morgan fingerprint density at radius 2 is 1.79 bits per heavy atom. The molecule has 4 rings (SSSR count). The second-order valence-electron chi connectivity index (χ2n) is 8.45. The van der Waals surface area contributed by atoms with E-state index in [2.05, 4.69) is 4.90 Å². The zero-order valence-corrected chi connectivity index (χ0v) is 17.7. The maximum absolute atomic E-state index is 13.0. The minimum Gasteiger partial charge on any atom is -0.340 e. The third-order valence-corrected chi connectivity index (χ3v) is 8.36. The number of nitrogens with zero attached hydrogens (tertiary/aromatic N) is 3. The van der Waals surface area contributed by atoms with E-state index in [9.17, 15) is 18.0 Å². The summed E-state index contributed by atoms with van der Waals surface area (Å²) in [6.07, 6.45) is 0.969. The highest BCUT2D eigenvalue weighted by Gasteiger charge is 2.40. The standard InChI is InChI=1S/C21H29N3O4S/c1-16(17-5-3-2-4-6-17)24-14-18(13-20(24)25)21(26)23-10-8-22(9-11-23)19-7-12-29(27,28)15-19/h2-6,16,18-19H,7-15H2,1H3/t16-,18-,19+/m1/s1. The number of carbonyl (C=O) groups is 2. The maximum Gasteiger partial charge on any atom is 0.228 e. The monoisotopic (exact) mass is 419 g/mol. The van der Waals surface area contributed by atoms with Crippen molar-refractivity contribution in [2.45, 2.75) is 31.8 Å². The summed E-state index contributed by atoms with van der Waals surface area (Å²) in [5.41, 5.74) is 1.08. The van der Waals surface area contributed by atoms with E-state index in [-0.39, 0.29) is 47.7 Å². The summed E-state index contributed by atoms with van der Waals surface area (Å²) >= 11 is 0. The lowest BCUT2D eigenvalue weighted by Crippen LogP contribution is -2.53. The fourth-order valence-corrected chi connectivity index (χ4v) is 6.57. The van der Waals surface area contributed by atoms with E-state index in [0.717, 1.165) is 5.56 Å². The molecule has 3 heterocycles. The normalized spacial score (nSPS) is 28.7. The predicted octanol–water partition coefficient (Wildman–Crippen LogP) is 0.927. The number of hydrogen-bond acceptors (Lipinski definition) is 5. The van der Waals surface area contributed by atoms with Crippen LogP contribution < -0.4 is 0 Å². The van der Waals surface area contributed by atoms with Crippen molar-refractivity contribution in [2.24, 2.45) is 5.92 Å². The van der Waals surface area contributed by atoms with Crippen LogP contribution in [0, 0.1) is 5.92 Å².